The summed E-state index contributed by atoms with van der Waals surface area (Å²) in [5.41, 5.74) is 5.78. The molecule has 0 saturated carbocycles. The lowest BCUT2D eigenvalue weighted by molar-refractivity contribution is -0.141. The van der Waals surface area contributed by atoms with Crippen LogP contribution >= 0.6 is 0 Å². The number of nitrogens with two attached hydrogens (primary N) is 1. The van der Waals surface area contributed by atoms with Crippen molar-refractivity contribution in [2.75, 3.05) is 39.8 Å². The molecule has 2 N–H and O–H groups in total. The molecule has 2 fully saturated rings. The first kappa shape index (κ1) is 12.8. The van der Waals surface area contributed by atoms with E-state index in [1.165, 1.54) is 0 Å². The first-order valence-electron chi connectivity index (χ1n) is 6.44. The average molecular weight is 241 g/mol. The Morgan fingerprint density at radius 1 is 1.47 bits per heavy atom. The Bertz CT molecular complexity index is 285. The fraction of sp³-hybridized carbons (Fsp3) is 0.917. The zero-order valence-electron chi connectivity index (χ0n) is 10.8. The van der Waals surface area contributed by atoms with Crippen molar-refractivity contribution in [3.63, 3.8) is 0 Å². The minimum absolute atomic E-state index is 0.0347. The van der Waals surface area contributed by atoms with E-state index in [1.54, 1.807) is 0 Å². The normalized spacial score (nSPS) is 35.2. The lowest BCUT2D eigenvalue weighted by Crippen LogP contribution is -2.58. The van der Waals surface area contributed by atoms with E-state index < -0.39 is 0 Å². The van der Waals surface area contributed by atoms with Gasteiger partial charge in [-0.05, 0) is 20.4 Å². The Labute approximate surface area is 103 Å². The standard InChI is InChI=1S/C12H23N3O2/c1-9-11(3-6-17-9)12(16)15-5-4-14(2)8-10(15)7-13/h9-11H,3-8,13H2,1-2H3. The second kappa shape index (κ2) is 5.33. The third kappa shape index (κ3) is 2.61. The number of carbonyl (C=O) groups is 1. The summed E-state index contributed by atoms with van der Waals surface area (Å²) in [5.74, 6) is 0.269. The van der Waals surface area contributed by atoms with Gasteiger partial charge in [0, 0.05) is 32.8 Å². The second-order valence-electron chi connectivity index (χ2n) is 5.15. The summed E-state index contributed by atoms with van der Waals surface area (Å²) in [5, 5.41) is 0. The molecule has 3 atom stereocenters. The molecular formula is C12H23N3O2. The monoisotopic (exact) mass is 241 g/mol. The van der Waals surface area contributed by atoms with Crippen LogP contribution in [0.4, 0.5) is 0 Å². The maximum atomic E-state index is 12.5. The van der Waals surface area contributed by atoms with Crippen LogP contribution in [0.5, 0.6) is 0 Å². The fourth-order valence-electron chi connectivity index (χ4n) is 2.77. The number of nitrogens with zero attached hydrogens (tertiary/aromatic N) is 2. The number of ether oxygens (including phenoxy) is 1. The fourth-order valence-corrected chi connectivity index (χ4v) is 2.77. The van der Waals surface area contributed by atoms with Crippen molar-refractivity contribution in [3.8, 4) is 0 Å². The van der Waals surface area contributed by atoms with Gasteiger partial charge in [0.1, 0.15) is 0 Å². The molecule has 98 valence electrons. The Morgan fingerprint density at radius 2 is 2.24 bits per heavy atom. The smallest absolute Gasteiger partial charge is 0.228 e. The third-order valence-electron chi connectivity index (χ3n) is 3.93. The largest absolute Gasteiger partial charge is 0.378 e. The molecule has 3 unspecified atom stereocenters. The SMILES string of the molecule is CC1OCCC1C(=O)N1CCN(C)CC1CN. The first-order chi connectivity index (χ1) is 8.13. The van der Waals surface area contributed by atoms with E-state index in [0.717, 1.165) is 26.1 Å². The van der Waals surface area contributed by atoms with Crippen LogP contribution in [0.25, 0.3) is 0 Å². The molecule has 17 heavy (non-hydrogen) atoms. The van der Waals surface area contributed by atoms with Crippen molar-refractivity contribution in [2.24, 2.45) is 11.7 Å². The van der Waals surface area contributed by atoms with Crippen molar-refractivity contribution >= 4 is 5.91 Å². The second-order valence-corrected chi connectivity index (χ2v) is 5.15. The Hall–Kier alpha value is -0.650. The molecule has 0 aromatic heterocycles. The molecule has 2 rings (SSSR count). The van der Waals surface area contributed by atoms with Crippen molar-refractivity contribution in [1.29, 1.82) is 0 Å². The summed E-state index contributed by atoms with van der Waals surface area (Å²) in [6, 6.07) is 0.161. The van der Waals surface area contributed by atoms with Gasteiger partial charge in [-0.3, -0.25) is 4.79 Å². The van der Waals surface area contributed by atoms with Crippen molar-refractivity contribution in [2.45, 2.75) is 25.5 Å². The molecule has 2 heterocycles. The van der Waals surface area contributed by atoms with Gasteiger partial charge in [-0.2, -0.15) is 0 Å². The molecule has 2 aliphatic heterocycles. The highest BCUT2D eigenvalue weighted by Crippen LogP contribution is 2.24. The van der Waals surface area contributed by atoms with Crippen LogP contribution in [0.3, 0.4) is 0 Å². The maximum absolute atomic E-state index is 12.5. The zero-order valence-corrected chi connectivity index (χ0v) is 10.8. The summed E-state index contributed by atoms with van der Waals surface area (Å²) in [6.45, 7) is 5.84. The van der Waals surface area contributed by atoms with Gasteiger partial charge in [0.15, 0.2) is 0 Å². The molecular weight excluding hydrogens is 218 g/mol. The van der Waals surface area contributed by atoms with Gasteiger partial charge in [-0.25, -0.2) is 0 Å². The Kier molecular flexibility index (Phi) is 4.01. The maximum Gasteiger partial charge on any atom is 0.228 e. The van der Waals surface area contributed by atoms with E-state index >= 15 is 0 Å². The number of rotatable bonds is 2. The summed E-state index contributed by atoms with van der Waals surface area (Å²) >= 11 is 0. The highest BCUT2D eigenvalue weighted by atomic mass is 16.5. The summed E-state index contributed by atoms with van der Waals surface area (Å²) in [4.78, 5) is 16.7. The molecule has 0 bridgehead atoms. The predicted octanol–water partition coefficient (Wildman–Crippen LogP) is -0.487. The molecule has 5 nitrogen and oxygen atoms in total. The van der Waals surface area contributed by atoms with Crippen molar-refractivity contribution in [3.05, 3.63) is 0 Å². The van der Waals surface area contributed by atoms with Gasteiger partial charge >= 0.3 is 0 Å². The Balaban J connectivity index is 2.02. The third-order valence-corrected chi connectivity index (χ3v) is 3.93. The number of hydrogen-bond acceptors (Lipinski definition) is 4. The van der Waals surface area contributed by atoms with Crippen molar-refractivity contribution < 1.29 is 9.53 Å². The number of amides is 1. The highest BCUT2D eigenvalue weighted by molar-refractivity contribution is 5.80. The summed E-state index contributed by atoms with van der Waals surface area (Å²) < 4.78 is 5.48. The molecule has 2 saturated heterocycles. The van der Waals surface area contributed by atoms with Crippen LogP contribution in [-0.2, 0) is 9.53 Å². The summed E-state index contributed by atoms with van der Waals surface area (Å²) in [6.07, 6.45) is 0.907. The van der Waals surface area contributed by atoms with Crippen LogP contribution in [0.1, 0.15) is 13.3 Å². The highest BCUT2D eigenvalue weighted by Gasteiger charge is 2.37. The van der Waals surface area contributed by atoms with Gasteiger partial charge < -0.3 is 20.3 Å². The summed E-state index contributed by atoms with van der Waals surface area (Å²) in [7, 11) is 2.08. The molecule has 0 spiro atoms. The van der Waals surface area contributed by atoms with E-state index in [0.29, 0.717) is 13.2 Å². The molecule has 2 aliphatic rings. The average Bonchev–Trinajstić information content (AvgIpc) is 2.74. The van der Waals surface area contributed by atoms with Gasteiger partial charge in [0.2, 0.25) is 5.91 Å². The molecule has 0 radical (unpaired) electrons. The zero-order chi connectivity index (χ0) is 12.4. The van der Waals surface area contributed by atoms with Gasteiger partial charge in [0.25, 0.3) is 0 Å². The van der Waals surface area contributed by atoms with E-state index in [9.17, 15) is 4.79 Å². The number of likely N-dealkylation sites (N-methyl/N-ethyl adjacent to an activating group) is 1. The van der Waals surface area contributed by atoms with Crippen LogP contribution in [-0.4, -0.2) is 67.7 Å². The minimum Gasteiger partial charge on any atom is -0.378 e. The van der Waals surface area contributed by atoms with Crippen molar-refractivity contribution in [1.82, 2.24) is 9.80 Å². The lowest BCUT2D eigenvalue weighted by atomic mass is 9.99. The molecule has 5 heteroatoms. The van der Waals surface area contributed by atoms with E-state index in [-0.39, 0.29) is 24.0 Å². The molecule has 0 aromatic carbocycles. The van der Waals surface area contributed by atoms with Gasteiger partial charge in [0.05, 0.1) is 18.1 Å². The van der Waals surface area contributed by atoms with Crippen LogP contribution in [0.15, 0.2) is 0 Å². The van der Waals surface area contributed by atoms with E-state index in [4.69, 9.17) is 10.5 Å². The van der Waals surface area contributed by atoms with Gasteiger partial charge in [-0.15, -0.1) is 0 Å². The number of hydrogen-bond donors (Lipinski definition) is 1. The van der Waals surface area contributed by atoms with Crippen LogP contribution in [0, 0.1) is 5.92 Å². The van der Waals surface area contributed by atoms with Gasteiger partial charge in [-0.1, -0.05) is 0 Å². The van der Waals surface area contributed by atoms with E-state index in [2.05, 4.69) is 11.9 Å². The topological polar surface area (TPSA) is 58.8 Å². The lowest BCUT2D eigenvalue weighted by Gasteiger charge is -2.41. The first-order valence-corrected chi connectivity index (χ1v) is 6.44. The predicted molar refractivity (Wildman–Crippen MR) is 65.6 cm³/mol. The molecule has 0 aromatic rings. The minimum atomic E-state index is 0.0347. The molecule has 1 amide bonds. The number of carbonyl (C=O) groups excluding carboxylic acids is 1. The van der Waals surface area contributed by atoms with Crippen LogP contribution < -0.4 is 5.73 Å². The van der Waals surface area contributed by atoms with E-state index in [1.807, 2.05) is 11.8 Å². The molecule has 0 aliphatic carbocycles. The Morgan fingerprint density at radius 3 is 2.82 bits per heavy atom. The number of piperazine rings is 1. The van der Waals surface area contributed by atoms with Crippen LogP contribution in [0.2, 0.25) is 0 Å². The quantitative estimate of drug-likeness (QED) is 0.709.